The molecule has 1 aromatic rings. The second-order valence-electron chi connectivity index (χ2n) is 3.91. The smallest absolute Gasteiger partial charge is 0.128 e. The van der Waals surface area contributed by atoms with Crippen molar-refractivity contribution in [1.82, 2.24) is 5.32 Å². The molecule has 0 bridgehead atoms. The van der Waals surface area contributed by atoms with Crippen LogP contribution < -0.4 is 14.8 Å². The lowest BCUT2D eigenvalue weighted by Gasteiger charge is -2.38. The van der Waals surface area contributed by atoms with Crippen LogP contribution in [0.25, 0.3) is 0 Å². The average Bonchev–Trinajstić information content (AvgIpc) is 2.55. The van der Waals surface area contributed by atoms with Crippen molar-refractivity contribution in [3.63, 3.8) is 0 Å². The number of hydrogen-bond donors (Lipinski definition) is 1. The predicted molar refractivity (Wildman–Crippen MR) is 52.8 cm³/mol. The van der Waals surface area contributed by atoms with E-state index in [-0.39, 0.29) is 5.54 Å². The molecule has 2 heterocycles. The summed E-state index contributed by atoms with van der Waals surface area (Å²) in [6.45, 7) is 1.85. The van der Waals surface area contributed by atoms with Gasteiger partial charge in [-0.15, -0.1) is 0 Å². The molecule has 1 spiro atoms. The molecule has 3 heteroatoms. The Bertz CT molecular complexity index is 372. The fourth-order valence-electron chi connectivity index (χ4n) is 2.20. The van der Waals surface area contributed by atoms with E-state index in [1.54, 1.807) is 7.11 Å². The van der Waals surface area contributed by atoms with Gasteiger partial charge in [-0.2, -0.15) is 0 Å². The first-order valence-electron chi connectivity index (χ1n) is 4.90. The molecule has 0 aromatic heterocycles. The van der Waals surface area contributed by atoms with Gasteiger partial charge in [0.2, 0.25) is 0 Å². The van der Waals surface area contributed by atoms with Crippen LogP contribution in [0.15, 0.2) is 18.2 Å². The first-order valence-corrected chi connectivity index (χ1v) is 4.90. The summed E-state index contributed by atoms with van der Waals surface area (Å²) < 4.78 is 10.8. The largest absolute Gasteiger partial charge is 0.497 e. The van der Waals surface area contributed by atoms with Crippen molar-refractivity contribution in [3.05, 3.63) is 23.8 Å². The lowest BCUT2D eigenvalue weighted by Crippen LogP contribution is -2.55. The zero-order valence-corrected chi connectivity index (χ0v) is 8.17. The van der Waals surface area contributed by atoms with Gasteiger partial charge in [-0.05, 0) is 25.1 Å². The summed E-state index contributed by atoms with van der Waals surface area (Å²) >= 11 is 0. The summed E-state index contributed by atoms with van der Waals surface area (Å²) in [6, 6.07) is 6.06. The predicted octanol–water partition coefficient (Wildman–Crippen LogP) is 1.28. The van der Waals surface area contributed by atoms with Gasteiger partial charge >= 0.3 is 0 Å². The number of nitrogens with one attached hydrogen (secondary N) is 1. The highest BCUT2D eigenvalue weighted by atomic mass is 16.5. The molecular formula is C11H13NO2. The van der Waals surface area contributed by atoms with Gasteiger partial charge in [0.05, 0.1) is 12.6 Å². The molecule has 2 aliphatic rings. The number of methoxy groups -OCH3 is 1. The van der Waals surface area contributed by atoms with Crippen LogP contribution in [0.4, 0.5) is 0 Å². The fraction of sp³-hybridized carbons (Fsp3) is 0.455. The Morgan fingerprint density at radius 1 is 1.50 bits per heavy atom. The van der Waals surface area contributed by atoms with E-state index in [2.05, 4.69) is 11.4 Å². The molecule has 14 heavy (non-hydrogen) atoms. The number of fused-ring (bicyclic) bond motifs is 2. The van der Waals surface area contributed by atoms with Gasteiger partial charge < -0.3 is 14.8 Å². The standard InChI is InChI=1S/C11H13NO2/c1-13-8-2-3-9-10(6-8)14-7-11(9)4-5-12-11/h2-3,6,12H,4-5,7H2,1H3/t11-/m0/s1. The van der Waals surface area contributed by atoms with E-state index < -0.39 is 0 Å². The topological polar surface area (TPSA) is 30.5 Å². The molecule has 0 radical (unpaired) electrons. The van der Waals surface area contributed by atoms with Crippen LogP contribution in [0.2, 0.25) is 0 Å². The Kier molecular flexibility index (Phi) is 1.53. The molecule has 1 saturated heterocycles. The first-order chi connectivity index (χ1) is 6.84. The van der Waals surface area contributed by atoms with E-state index in [1.165, 1.54) is 12.0 Å². The zero-order chi connectivity index (χ0) is 9.60. The molecule has 0 amide bonds. The molecule has 2 aliphatic heterocycles. The van der Waals surface area contributed by atoms with Crippen LogP contribution in [0.5, 0.6) is 11.5 Å². The Morgan fingerprint density at radius 3 is 3.00 bits per heavy atom. The summed E-state index contributed by atoms with van der Waals surface area (Å²) in [5.41, 5.74) is 1.39. The molecule has 1 N–H and O–H groups in total. The van der Waals surface area contributed by atoms with E-state index in [9.17, 15) is 0 Å². The van der Waals surface area contributed by atoms with Crippen molar-refractivity contribution in [2.75, 3.05) is 20.3 Å². The quantitative estimate of drug-likeness (QED) is 0.725. The minimum absolute atomic E-state index is 0.113. The third-order valence-corrected chi connectivity index (χ3v) is 3.19. The highest BCUT2D eigenvalue weighted by Gasteiger charge is 2.45. The van der Waals surface area contributed by atoms with Crippen molar-refractivity contribution in [1.29, 1.82) is 0 Å². The summed E-state index contributed by atoms with van der Waals surface area (Å²) in [5, 5.41) is 3.45. The van der Waals surface area contributed by atoms with Gasteiger partial charge in [0, 0.05) is 11.6 Å². The lowest BCUT2D eigenvalue weighted by atomic mass is 9.83. The molecule has 3 nitrogen and oxygen atoms in total. The second kappa shape index (κ2) is 2.64. The van der Waals surface area contributed by atoms with Crippen LogP contribution in [0, 0.1) is 0 Å². The Morgan fingerprint density at radius 2 is 2.36 bits per heavy atom. The van der Waals surface area contributed by atoms with Crippen molar-refractivity contribution in [2.45, 2.75) is 12.0 Å². The summed E-state index contributed by atoms with van der Waals surface area (Å²) in [5.74, 6) is 1.83. The highest BCUT2D eigenvalue weighted by molar-refractivity contribution is 5.48. The number of benzene rings is 1. The summed E-state index contributed by atoms with van der Waals surface area (Å²) in [4.78, 5) is 0. The SMILES string of the molecule is COc1ccc2c(c1)OC[C@@]21CCN1. The van der Waals surface area contributed by atoms with E-state index in [1.807, 2.05) is 12.1 Å². The van der Waals surface area contributed by atoms with Crippen molar-refractivity contribution in [2.24, 2.45) is 0 Å². The third kappa shape index (κ3) is 0.904. The zero-order valence-electron chi connectivity index (χ0n) is 8.17. The lowest BCUT2D eigenvalue weighted by molar-refractivity contribution is 0.154. The maximum atomic E-state index is 5.66. The van der Waals surface area contributed by atoms with Gasteiger partial charge in [-0.1, -0.05) is 0 Å². The van der Waals surface area contributed by atoms with Gasteiger partial charge in [0.1, 0.15) is 18.1 Å². The Labute approximate surface area is 83.0 Å². The Balaban J connectivity index is 2.04. The van der Waals surface area contributed by atoms with E-state index in [0.717, 1.165) is 24.7 Å². The van der Waals surface area contributed by atoms with Crippen LogP contribution in [-0.2, 0) is 5.54 Å². The minimum Gasteiger partial charge on any atom is -0.497 e. The molecule has 0 saturated carbocycles. The maximum absolute atomic E-state index is 5.66. The average molecular weight is 191 g/mol. The van der Waals surface area contributed by atoms with Crippen molar-refractivity contribution >= 4 is 0 Å². The van der Waals surface area contributed by atoms with Crippen molar-refractivity contribution in [3.8, 4) is 11.5 Å². The summed E-state index contributed by atoms with van der Waals surface area (Å²) in [7, 11) is 1.67. The van der Waals surface area contributed by atoms with E-state index in [0.29, 0.717) is 0 Å². The van der Waals surface area contributed by atoms with Crippen molar-refractivity contribution < 1.29 is 9.47 Å². The second-order valence-corrected chi connectivity index (χ2v) is 3.91. The van der Waals surface area contributed by atoms with E-state index in [4.69, 9.17) is 9.47 Å². The number of hydrogen-bond acceptors (Lipinski definition) is 3. The van der Waals surface area contributed by atoms with Crippen LogP contribution in [0.1, 0.15) is 12.0 Å². The van der Waals surface area contributed by atoms with Crippen LogP contribution >= 0.6 is 0 Å². The fourth-order valence-corrected chi connectivity index (χ4v) is 2.20. The molecule has 1 aromatic carbocycles. The minimum atomic E-state index is 0.113. The molecule has 1 fully saturated rings. The van der Waals surface area contributed by atoms with Gasteiger partial charge in [0.25, 0.3) is 0 Å². The van der Waals surface area contributed by atoms with Gasteiger partial charge in [0.15, 0.2) is 0 Å². The molecule has 3 rings (SSSR count). The molecule has 1 atom stereocenters. The van der Waals surface area contributed by atoms with Crippen LogP contribution in [0.3, 0.4) is 0 Å². The molecule has 0 unspecified atom stereocenters. The number of rotatable bonds is 1. The third-order valence-electron chi connectivity index (χ3n) is 3.19. The van der Waals surface area contributed by atoms with Gasteiger partial charge in [-0.25, -0.2) is 0 Å². The number of ether oxygens (including phenoxy) is 2. The van der Waals surface area contributed by atoms with E-state index >= 15 is 0 Å². The van der Waals surface area contributed by atoms with Gasteiger partial charge in [-0.3, -0.25) is 0 Å². The molecule has 0 aliphatic carbocycles. The summed E-state index contributed by atoms with van der Waals surface area (Å²) in [6.07, 6.45) is 1.17. The normalized spacial score (nSPS) is 28.1. The van der Waals surface area contributed by atoms with Crippen LogP contribution in [-0.4, -0.2) is 20.3 Å². The highest BCUT2D eigenvalue weighted by Crippen LogP contribution is 2.44. The first kappa shape index (κ1) is 8.12. The molecule has 74 valence electrons. The maximum Gasteiger partial charge on any atom is 0.128 e. The Hall–Kier alpha value is -1.22. The molecular weight excluding hydrogens is 178 g/mol. The monoisotopic (exact) mass is 191 g/mol.